The maximum atomic E-state index is 12.2. The van der Waals surface area contributed by atoms with Crippen LogP contribution in [0.5, 0.6) is 5.75 Å². The highest BCUT2D eigenvalue weighted by Crippen LogP contribution is 2.25. The Morgan fingerprint density at radius 3 is 2.74 bits per heavy atom. The molecule has 0 spiro atoms. The van der Waals surface area contributed by atoms with Crippen molar-refractivity contribution in [3.8, 4) is 5.75 Å². The Morgan fingerprint density at radius 2 is 2.11 bits per heavy atom. The zero-order valence-electron chi connectivity index (χ0n) is 10.0. The van der Waals surface area contributed by atoms with Crippen LogP contribution in [0.15, 0.2) is 36.5 Å². The highest BCUT2D eigenvalue weighted by Gasteiger charge is 2.14. The summed E-state index contributed by atoms with van der Waals surface area (Å²) in [5, 5.41) is 6.36. The van der Waals surface area contributed by atoms with Gasteiger partial charge < -0.3 is 10.1 Å². The number of rotatable bonds is 4. The van der Waals surface area contributed by atoms with Crippen LogP contribution in [0.2, 0.25) is 0 Å². The summed E-state index contributed by atoms with van der Waals surface area (Å²) in [7, 11) is 1.61. The van der Waals surface area contributed by atoms with E-state index in [-0.39, 0.29) is 11.4 Å². The Kier molecular flexibility index (Phi) is 3.74. The molecular weight excluding hydrogens is 256 g/mol. The predicted molar refractivity (Wildman–Crippen MR) is 64.2 cm³/mol. The molecule has 7 heteroatoms. The quantitative estimate of drug-likeness (QED) is 0.924. The normalized spacial score (nSPS) is 10.5. The summed E-state index contributed by atoms with van der Waals surface area (Å²) in [5.74, 6) is -0.543. The molecule has 19 heavy (non-hydrogen) atoms. The summed E-state index contributed by atoms with van der Waals surface area (Å²) < 4.78 is 30.2. The Balaban J connectivity index is 2.19. The number of nitrogens with zero attached hydrogens (tertiary/aromatic N) is 2. The van der Waals surface area contributed by atoms with Crippen LogP contribution < -0.4 is 10.1 Å². The second-order valence-corrected chi connectivity index (χ2v) is 3.67. The molecule has 0 aliphatic rings. The Labute approximate surface area is 107 Å². The van der Waals surface area contributed by atoms with E-state index >= 15 is 0 Å². The van der Waals surface area contributed by atoms with E-state index in [2.05, 4.69) is 15.2 Å². The number of nitrogens with one attached hydrogen (secondary N) is 1. The SMILES string of the molecule is Cn1nccc1C(=O)Nc1ccccc1OC(F)F. The zero-order chi connectivity index (χ0) is 13.8. The lowest BCUT2D eigenvalue weighted by molar-refractivity contribution is -0.0493. The molecule has 0 bridgehead atoms. The van der Waals surface area contributed by atoms with E-state index in [1.165, 1.54) is 35.1 Å². The van der Waals surface area contributed by atoms with Gasteiger partial charge in [0.15, 0.2) is 0 Å². The number of benzene rings is 1. The van der Waals surface area contributed by atoms with E-state index in [9.17, 15) is 13.6 Å². The summed E-state index contributed by atoms with van der Waals surface area (Å²) in [6.07, 6.45) is 1.47. The van der Waals surface area contributed by atoms with Crippen molar-refractivity contribution in [1.29, 1.82) is 0 Å². The summed E-state index contributed by atoms with van der Waals surface area (Å²) >= 11 is 0. The van der Waals surface area contributed by atoms with Gasteiger partial charge in [0.1, 0.15) is 11.4 Å². The Morgan fingerprint density at radius 1 is 1.37 bits per heavy atom. The molecule has 0 aliphatic carbocycles. The highest BCUT2D eigenvalue weighted by molar-refractivity contribution is 6.03. The molecule has 0 saturated heterocycles. The molecule has 1 heterocycles. The minimum atomic E-state index is -2.95. The zero-order valence-corrected chi connectivity index (χ0v) is 10.0. The van der Waals surface area contributed by atoms with Crippen LogP contribution in [-0.4, -0.2) is 22.3 Å². The largest absolute Gasteiger partial charge is 0.433 e. The minimum Gasteiger partial charge on any atom is -0.433 e. The molecule has 100 valence electrons. The van der Waals surface area contributed by atoms with Crippen molar-refractivity contribution in [2.24, 2.45) is 7.05 Å². The van der Waals surface area contributed by atoms with Crippen LogP contribution in [-0.2, 0) is 7.05 Å². The molecule has 2 aromatic rings. The first-order valence-corrected chi connectivity index (χ1v) is 5.41. The van der Waals surface area contributed by atoms with Gasteiger partial charge in [-0.05, 0) is 18.2 Å². The van der Waals surface area contributed by atoms with E-state index in [0.717, 1.165) is 0 Å². The van der Waals surface area contributed by atoms with Crippen molar-refractivity contribution in [2.45, 2.75) is 6.61 Å². The Bertz CT molecular complexity index is 584. The number of anilines is 1. The van der Waals surface area contributed by atoms with Gasteiger partial charge in [0.05, 0.1) is 5.69 Å². The lowest BCUT2D eigenvalue weighted by Gasteiger charge is -2.11. The molecule has 0 saturated carbocycles. The average Bonchev–Trinajstić information content (AvgIpc) is 2.77. The fourth-order valence-electron chi connectivity index (χ4n) is 1.55. The second-order valence-electron chi connectivity index (χ2n) is 3.67. The van der Waals surface area contributed by atoms with Gasteiger partial charge in [-0.1, -0.05) is 12.1 Å². The van der Waals surface area contributed by atoms with Gasteiger partial charge in [-0.3, -0.25) is 9.48 Å². The van der Waals surface area contributed by atoms with E-state index in [0.29, 0.717) is 5.69 Å². The molecule has 5 nitrogen and oxygen atoms in total. The number of carbonyl (C=O) groups excluding carboxylic acids is 1. The van der Waals surface area contributed by atoms with Crippen molar-refractivity contribution >= 4 is 11.6 Å². The topological polar surface area (TPSA) is 56.2 Å². The van der Waals surface area contributed by atoms with Crippen molar-refractivity contribution in [1.82, 2.24) is 9.78 Å². The van der Waals surface area contributed by atoms with Crippen molar-refractivity contribution in [3.63, 3.8) is 0 Å². The first kappa shape index (κ1) is 13.0. The third-order valence-corrected chi connectivity index (χ3v) is 2.40. The van der Waals surface area contributed by atoms with Gasteiger partial charge in [0, 0.05) is 13.2 Å². The van der Waals surface area contributed by atoms with Gasteiger partial charge in [0.2, 0.25) is 0 Å². The number of aryl methyl sites for hydroxylation is 1. The molecule has 1 aromatic carbocycles. The molecule has 0 unspecified atom stereocenters. The van der Waals surface area contributed by atoms with Crippen molar-refractivity contribution < 1.29 is 18.3 Å². The fourth-order valence-corrected chi connectivity index (χ4v) is 1.55. The fraction of sp³-hybridized carbons (Fsp3) is 0.167. The monoisotopic (exact) mass is 267 g/mol. The third-order valence-electron chi connectivity index (χ3n) is 2.40. The predicted octanol–water partition coefficient (Wildman–Crippen LogP) is 2.27. The Hall–Kier alpha value is -2.44. The molecule has 2 rings (SSSR count). The summed E-state index contributed by atoms with van der Waals surface area (Å²) in [6.45, 7) is -2.95. The summed E-state index contributed by atoms with van der Waals surface area (Å²) in [6, 6.07) is 7.50. The van der Waals surface area contributed by atoms with Crippen LogP contribution in [0.25, 0.3) is 0 Å². The van der Waals surface area contributed by atoms with E-state index in [4.69, 9.17) is 0 Å². The molecule has 0 atom stereocenters. The van der Waals surface area contributed by atoms with Crippen LogP contribution in [0.1, 0.15) is 10.5 Å². The van der Waals surface area contributed by atoms with Crippen LogP contribution in [0.4, 0.5) is 14.5 Å². The maximum Gasteiger partial charge on any atom is 0.387 e. The smallest absolute Gasteiger partial charge is 0.387 e. The first-order valence-electron chi connectivity index (χ1n) is 5.41. The van der Waals surface area contributed by atoms with Gasteiger partial charge >= 0.3 is 6.61 Å². The number of hydrogen-bond donors (Lipinski definition) is 1. The standard InChI is InChI=1S/C12H11F2N3O2/c1-17-9(6-7-15-17)11(18)16-8-4-2-3-5-10(8)19-12(13)14/h2-7,12H,1H3,(H,16,18). The molecular formula is C12H11F2N3O2. The molecule has 1 aromatic heterocycles. The number of carbonyl (C=O) groups is 1. The number of para-hydroxylation sites is 2. The van der Waals surface area contributed by atoms with Crippen molar-refractivity contribution in [3.05, 3.63) is 42.2 Å². The number of aromatic nitrogens is 2. The van der Waals surface area contributed by atoms with E-state index < -0.39 is 12.5 Å². The molecule has 0 radical (unpaired) electrons. The number of halogens is 2. The van der Waals surface area contributed by atoms with Gasteiger partial charge in [-0.25, -0.2) is 0 Å². The number of ether oxygens (including phenoxy) is 1. The number of alkyl halides is 2. The van der Waals surface area contributed by atoms with E-state index in [1.54, 1.807) is 13.1 Å². The molecule has 0 fully saturated rings. The minimum absolute atomic E-state index is 0.0898. The van der Waals surface area contributed by atoms with Crippen LogP contribution in [0, 0.1) is 0 Å². The molecule has 1 N–H and O–H groups in total. The van der Waals surface area contributed by atoms with Gasteiger partial charge in [-0.2, -0.15) is 13.9 Å². The van der Waals surface area contributed by atoms with Crippen molar-refractivity contribution in [2.75, 3.05) is 5.32 Å². The van der Waals surface area contributed by atoms with Gasteiger partial charge in [-0.15, -0.1) is 0 Å². The van der Waals surface area contributed by atoms with E-state index in [1.807, 2.05) is 0 Å². The summed E-state index contributed by atoms with van der Waals surface area (Å²) in [5.41, 5.74) is 0.487. The third kappa shape index (κ3) is 3.06. The molecule has 1 amide bonds. The maximum absolute atomic E-state index is 12.2. The van der Waals surface area contributed by atoms with Gasteiger partial charge in [0.25, 0.3) is 5.91 Å². The molecule has 0 aliphatic heterocycles. The van der Waals surface area contributed by atoms with Crippen LogP contribution in [0.3, 0.4) is 0 Å². The second kappa shape index (κ2) is 5.47. The first-order chi connectivity index (χ1) is 9.08. The average molecular weight is 267 g/mol. The summed E-state index contributed by atoms with van der Waals surface area (Å²) in [4.78, 5) is 11.9. The highest BCUT2D eigenvalue weighted by atomic mass is 19.3. The number of amides is 1. The number of hydrogen-bond acceptors (Lipinski definition) is 3. The van der Waals surface area contributed by atoms with Crippen LogP contribution >= 0.6 is 0 Å². The lowest BCUT2D eigenvalue weighted by atomic mass is 10.3. The lowest BCUT2D eigenvalue weighted by Crippen LogP contribution is -2.17.